The summed E-state index contributed by atoms with van der Waals surface area (Å²) in [4.78, 5) is 14.6. The molecule has 1 aliphatic heterocycles. The number of hydrogen-bond acceptors (Lipinski definition) is 4. The first kappa shape index (κ1) is 16.7. The van der Waals surface area contributed by atoms with E-state index in [0.29, 0.717) is 18.7 Å². The molecule has 1 amide bonds. The molecule has 6 heteroatoms. The largest absolute Gasteiger partial charge is 0.388 e. The minimum Gasteiger partial charge on any atom is -0.388 e. The Morgan fingerprint density at radius 3 is 2.79 bits per heavy atom. The van der Waals surface area contributed by atoms with E-state index >= 15 is 0 Å². The molecule has 3 rings (SSSR count). The molecule has 0 saturated carbocycles. The monoisotopic (exact) mass is 329 g/mol. The van der Waals surface area contributed by atoms with Crippen molar-refractivity contribution in [2.24, 2.45) is 0 Å². The number of hydrogen-bond donors (Lipinski definition) is 2. The summed E-state index contributed by atoms with van der Waals surface area (Å²) in [6.07, 6.45) is -0.629. The number of nitrogens with zero attached hydrogens (tertiary/aromatic N) is 2. The Balaban J connectivity index is 1.92. The van der Waals surface area contributed by atoms with Gasteiger partial charge in [-0.2, -0.15) is 5.10 Å². The molecule has 24 heavy (non-hydrogen) atoms. The Morgan fingerprint density at radius 1 is 1.42 bits per heavy atom. The molecule has 0 aliphatic carbocycles. The standard InChI is InChI=1S/C18H23N3O3/c1-4-21(15-9-24-10-16(15)22)18(23)14-7-5-6-13(8-14)17-11(2)19-20-12(17)3/h5-8,15-16,22H,4,9-10H2,1-3H3,(H,19,20)/t15-,16-/m0/s1. The van der Waals surface area contributed by atoms with Crippen molar-refractivity contribution < 1.29 is 14.6 Å². The zero-order valence-electron chi connectivity index (χ0n) is 14.2. The van der Waals surface area contributed by atoms with Crippen molar-refractivity contribution in [3.8, 4) is 11.1 Å². The fourth-order valence-electron chi connectivity index (χ4n) is 3.31. The van der Waals surface area contributed by atoms with E-state index in [0.717, 1.165) is 22.5 Å². The van der Waals surface area contributed by atoms with Gasteiger partial charge in [0.2, 0.25) is 0 Å². The van der Waals surface area contributed by atoms with Gasteiger partial charge < -0.3 is 14.7 Å². The Morgan fingerprint density at radius 2 is 2.21 bits per heavy atom. The number of aromatic nitrogens is 2. The lowest BCUT2D eigenvalue weighted by atomic mass is 10.0. The molecular weight excluding hydrogens is 306 g/mol. The van der Waals surface area contributed by atoms with E-state index in [4.69, 9.17) is 4.74 Å². The van der Waals surface area contributed by atoms with Crippen LogP contribution in [0.2, 0.25) is 0 Å². The second-order valence-electron chi connectivity index (χ2n) is 6.15. The van der Waals surface area contributed by atoms with Crippen LogP contribution in [0, 0.1) is 13.8 Å². The van der Waals surface area contributed by atoms with Gasteiger partial charge in [-0.1, -0.05) is 12.1 Å². The molecule has 128 valence electrons. The minimum absolute atomic E-state index is 0.0901. The third-order valence-electron chi connectivity index (χ3n) is 4.55. The number of aliphatic hydroxyl groups is 1. The number of carbonyl (C=O) groups is 1. The van der Waals surface area contributed by atoms with Crippen molar-refractivity contribution >= 4 is 5.91 Å². The number of ether oxygens (including phenoxy) is 1. The van der Waals surface area contributed by atoms with Crippen molar-refractivity contribution in [1.82, 2.24) is 15.1 Å². The van der Waals surface area contributed by atoms with Gasteiger partial charge in [-0.25, -0.2) is 0 Å². The number of rotatable bonds is 4. The molecule has 1 saturated heterocycles. The summed E-state index contributed by atoms with van der Waals surface area (Å²) in [7, 11) is 0. The lowest BCUT2D eigenvalue weighted by Crippen LogP contribution is -2.46. The van der Waals surface area contributed by atoms with Crippen LogP contribution in [-0.4, -0.2) is 58.0 Å². The van der Waals surface area contributed by atoms with E-state index in [1.54, 1.807) is 11.0 Å². The predicted molar refractivity (Wildman–Crippen MR) is 90.8 cm³/mol. The van der Waals surface area contributed by atoms with Gasteiger partial charge in [0.25, 0.3) is 5.91 Å². The van der Waals surface area contributed by atoms with Crippen LogP contribution in [0.5, 0.6) is 0 Å². The van der Waals surface area contributed by atoms with E-state index in [-0.39, 0.29) is 18.6 Å². The molecule has 0 radical (unpaired) electrons. The Kier molecular flexibility index (Phi) is 4.69. The van der Waals surface area contributed by atoms with E-state index in [9.17, 15) is 9.90 Å². The summed E-state index contributed by atoms with van der Waals surface area (Å²) in [6.45, 7) is 7.00. The number of aliphatic hydroxyl groups excluding tert-OH is 1. The molecule has 2 heterocycles. The first-order valence-electron chi connectivity index (χ1n) is 8.21. The zero-order chi connectivity index (χ0) is 17.3. The number of carbonyl (C=O) groups excluding carboxylic acids is 1. The summed E-state index contributed by atoms with van der Waals surface area (Å²) in [5.41, 5.74) is 4.47. The van der Waals surface area contributed by atoms with Crippen molar-refractivity contribution in [2.45, 2.75) is 32.9 Å². The van der Waals surface area contributed by atoms with Gasteiger partial charge >= 0.3 is 0 Å². The highest BCUT2D eigenvalue weighted by molar-refractivity contribution is 5.96. The molecule has 1 aliphatic rings. The number of nitrogens with one attached hydrogen (secondary N) is 1. The molecular formula is C18H23N3O3. The number of aromatic amines is 1. The number of H-pyrrole nitrogens is 1. The minimum atomic E-state index is -0.629. The maximum Gasteiger partial charge on any atom is 0.254 e. The second kappa shape index (κ2) is 6.75. The molecule has 2 aromatic rings. The first-order valence-corrected chi connectivity index (χ1v) is 8.21. The lowest BCUT2D eigenvalue weighted by molar-refractivity contribution is 0.0520. The SMILES string of the molecule is CCN(C(=O)c1cccc(-c2c(C)n[nH]c2C)c1)[C@H]1COC[C@@H]1O. The maximum absolute atomic E-state index is 12.9. The number of benzene rings is 1. The average molecular weight is 329 g/mol. The van der Waals surface area contributed by atoms with Gasteiger partial charge in [0.05, 0.1) is 31.1 Å². The van der Waals surface area contributed by atoms with Crippen LogP contribution in [0.25, 0.3) is 11.1 Å². The van der Waals surface area contributed by atoms with Crippen LogP contribution in [0.15, 0.2) is 24.3 Å². The van der Waals surface area contributed by atoms with Crippen molar-refractivity contribution in [3.05, 3.63) is 41.2 Å². The molecule has 1 aromatic carbocycles. The average Bonchev–Trinajstić information content (AvgIpc) is 3.14. The van der Waals surface area contributed by atoms with Crippen molar-refractivity contribution in [2.75, 3.05) is 19.8 Å². The summed E-state index contributed by atoms with van der Waals surface area (Å²) in [5, 5.41) is 17.2. The number of aryl methyl sites for hydroxylation is 2. The molecule has 2 atom stereocenters. The highest BCUT2D eigenvalue weighted by atomic mass is 16.5. The van der Waals surface area contributed by atoms with Crippen LogP contribution < -0.4 is 0 Å². The quantitative estimate of drug-likeness (QED) is 0.898. The Bertz CT molecular complexity index is 721. The third kappa shape index (κ3) is 2.95. The van der Waals surface area contributed by atoms with E-state index in [1.165, 1.54) is 0 Å². The highest BCUT2D eigenvalue weighted by Gasteiger charge is 2.34. The smallest absolute Gasteiger partial charge is 0.254 e. The Labute approximate surface area is 141 Å². The Hall–Kier alpha value is -2.18. The van der Waals surface area contributed by atoms with Gasteiger partial charge in [-0.3, -0.25) is 9.89 Å². The molecule has 1 fully saturated rings. The third-order valence-corrected chi connectivity index (χ3v) is 4.55. The normalized spacial score (nSPS) is 20.3. The van der Waals surface area contributed by atoms with Crippen LogP contribution >= 0.6 is 0 Å². The maximum atomic E-state index is 12.9. The van der Waals surface area contributed by atoms with Crippen molar-refractivity contribution in [1.29, 1.82) is 0 Å². The topological polar surface area (TPSA) is 78.5 Å². The first-order chi connectivity index (χ1) is 11.5. The fraction of sp³-hybridized carbons (Fsp3) is 0.444. The zero-order valence-corrected chi connectivity index (χ0v) is 14.2. The van der Waals surface area contributed by atoms with Crippen LogP contribution in [0.1, 0.15) is 28.7 Å². The summed E-state index contributed by atoms with van der Waals surface area (Å²) in [6, 6.07) is 7.26. The van der Waals surface area contributed by atoms with Crippen molar-refractivity contribution in [3.63, 3.8) is 0 Å². The van der Waals surface area contributed by atoms with E-state index < -0.39 is 6.10 Å². The lowest BCUT2D eigenvalue weighted by Gasteiger charge is -2.29. The van der Waals surface area contributed by atoms with E-state index in [2.05, 4.69) is 10.2 Å². The summed E-state index contributed by atoms with van der Waals surface area (Å²) < 4.78 is 5.30. The van der Waals surface area contributed by atoms with Crippen LogP contribution in [0.4, 0.5) is 0 Å². The van der Waals surface area contributed by atoms with Gasteiger partial charge in [0, 0.05) is 23.4 Å². The summed E-state index contributed by atoms with van der Waals surface area (Å²) >= 11 is 0. The highest BCUT2D eigenvalue weighted by Crippen LogP contribution is 2.27. The van der Waals surface area contributed by atoms with Crippen LogP contribution in [-0.2, 0) is 4.74 Å². The fourth-order valence-corrected chi connectivity index (χ4v) is 3.31. The van der Waals surface area contributed by atoms with Crippen LogP contribution in [0.3, 0.4) is 0 Å². The number of amides is 1. The molecule has 0 unspecified atom stereocenters. The molecule has 6 nitrogen and oxygen atoms in total. The molecule has 2 N–H and O–H groups in total. The number of likely N-dealkylation sites (N-methyl/N-ethyl adjacent to an activating group) is 1. The predicted octanol–water partition coefficient (Wildman–Crippen LogP) is 1.92. The van der Waals surface area contributed by atoms with E-state index in [1.807, 2.05) is 39.0 Å². The van der Waals surface area contributed by atoms with Gasteiger partial charge in [0.15, 0.2) is 0 Å². The molecule has 1 aromatic heterocycles. The van der Waals surface area contributed by atoms with Gasteiger partial charge in [-0.15, -0.1) is 0 Å². The summed E-state index contributed by atoms with van der Waals surface area (Å²) in [5.74, 6) is -0.0901. The van der Waals surface area contributed by atoms with Gasteiger partial charge in [0.1, 0.15) is 0 Å². The molecule has 0 spiro atoms. The second-order valence-corrected chi connectivity index (χ2v) is 6.15. The van der Waals surface area contributed by atoms with Gasteiger partial charge in [-0.05, 0) is 38.5 Å². The molecule has 0 bridgehead atoms.